The van der Waals surface area contributed by atoms with Crippen molar-refractivity contribution in [2.75, 3.05) is 0 Å². The number of aromatic nitrogens is 1. The average molecular weight is 400 g/mol. The maximum atomic E-state index is 13.1. The first-order valence-corrected chi connectivity index (χ1v) is 10.1. The maximum absolute atomic E-state index is 13.1. The van der Waals surface area contributed by atoms with Crippen molar-refractivity contribution in [2.45, 2.75) is 32.7 Å². The van der Waals surface area contributed by atoms with Crippen molar-refractivity contribution in [1.29, 1.82) is 10.5 Å². The molecule has 1 aromatic heterocycles. The Morgan fingerprint density at radius 1 is 1.03 bits per heavy atom. The summed E-state index contributed by atoms with van der Waals surface area (Å²) in [5.74, 6) is 0. The predicted molar refractivity (Wildman–Crippen MR) is 117 cm³/mol. The molecule has 0 N–H and O–H groups in total. The van der Waals surface area contributed by atoms with Gasteiger partial charge >= 0.3 is 0 Å². The molecule has 0 amide bonds. The van der Waals surface area contributed by atoms with Crippen LogP contribution in [0.1, 0.15) is 37.5 Å². The van der Waals surface area contributed by atoms with Gasteiger partial charge < -0.3 is 0 Å². The fraction of sp³-hybridized carbons (Fsp3) is 0.208. The van der Waals surface area contributed by atoms with Gasteiger partial charge in [0.25, 0.3) is 5.56 Å². The van der Waals surface area contributed by atoms with E-state index in [1.807, 2.05) is 60.7 Å². The van der Waals surface area contributed by atoms with Crippen molar-refractivity contribution in [3.05, 3.63) is 90.8 Å². The Hall–Kier alpha value is -3.41. The van der Waals surface area contributed by atoms with Crippen molar-refractivity contribution in [2.24, 2.45) is 0 Å². The number of nitriles is 2. The zero-order chi connectivity index (χ0) is 21.0. The van der Waals surface area contributed by atoms with Gasteiger partial charge in [-0.25, -0.2) is 0 Å². The first-order chi connectivity index (χ1) is 13.8. The topological polar surface area (TPSA) is 69.6 Å². The molecule has 0 saturated heterocycles. The molecular formula is C24H21N3OS. The summed E-state index contributed by atoms with van der Waals surface area (Å²) in [6.45, 7) is 6.77. The Labute approximate surface area is 173 Å². The van der Waals surface area contributed by atoms with Gasteiger partial charge in [0, 0.05) is 0 Å². The van der Waals surface area contributed by atoms with Crippen LogP contribution in [0.5, 0.6) is 0 Å². The van der Waals surface area contributed by atoms with E-state index in [9.17, 15) is 15.3 Å². The van der Waals surface area contributed by atoms with Gasteiger partial charge in [-0.3, -0.25) is 9.36 Å². The first-order valence-electron chi connectivity index (χ1n) is 9.24. The third kappa shape index (κ3) is 4.54. The summed E-state index contributed by atoms with van der Waals surface area (Å²) in [4.78, 5) is 13.1. The lowest BCUT2D eigenvalue weighted by atomic mass is 9.87. The van der Waals surface area contributed by atoms with Gasteiger partial charge in [0.05, 0.1) is 11.1 Å². The van der Waals surface area contributed by atoms with Crippen LogP contribution < -0.4 is 14.8 Å². The van der Waals surface area contributed by atoms with E-state index in [1.165, 1.54) is 21.5 Å². The summed E-state index contributed by atoms with van der Waals surface area (Å²) >= 11 is 1.18. The number of rotatable bonds is 3. The normalized spacial score (nSPS) is 11.7. The van der Waals surface area contributed by atoms with Crippen LogP contribution in [-0.4, -0.2) is 4.57 Å². The molecule has 5 heteroatoms. The molecule has 0 bridgehead atoms. The lowest BCUT2D eigenvalue weighted by Crippen LogP contribution is -2.32. The second-order valence-corrected chi connectivity index (χ2v) is 8.79. The summed E-state index contributed by atoms with van der Waals surface area (Å²) in [6, 6.07) is 21.5. The lowest BCUT2D eigenvalue weighted by Gasteiger charge is -2.18. The van der Waals surface area contributed by atoms with Crippen molar-refractivity contribution >= 4 is 23.0 Å². The molecular weight excluding hydrogens is 378 g/mol. The molecule has 1 heterocycles. The van der Waals surface area contributed by atoms with Gasteiger partial charge in [-0.05, 0) is 28.2 Å². The maximum Gasteiger partial charge on any atom is 0.269 e. The Kier molecular flexibility index (Phi) is 5.82. The van der Waals surface area contributed by atoms with Gasteiger partial charge in [-0.1, -0.05) is 75.4 Å². The smallest absolute Gasteiger partial charge is 0.269 e. The van der Waals surface area contributed by atoms with E-state index in [2.05, 4.69) is 32.9 Å². The second-order valence-electron chi connectivity index (χ2n) is 7.76. The standard InChI is InChI=1S/C24H21N3OS/c1-24(2,3)20-11-9-17(10-12-20)13-21-22(28)27(16-18-7-5-4-6-8-18)23(29-21)19(14-25)15-26/h4-13H,16H2,1-3H3/b21-13+. The summed E-state index contributed by atoms with van der Waals surface area (Å²) in [7, 11) is 0. The van der Waals surface area contributed by atoms with Gasteiger partial charge in [0.2, 0.25) is 0 Å². The van der Waals surface area contributed by atoms with Crippen LogP contribution in [0, 0.1) is 22.7 Å². The number of hydrogen-bond donors (Lipinski definition) is 0. The van der Waals surface area contributed by atoms with Gasteiger partial charge in [0.15, 0.2) is 5.57 Å². The fourth-order valence-electron chi connectivity index (χ4n) is 2.97. The monoisotopic (exact) mass is 399 g/mol. The van der Waals surface area contributed by atoms with Crippen LogP contribution in [0.25, 0.3) is 11.6 Å². The molecule has 0 aliphatic rings. The highest BCUT2D eigenvalue weighted by Crippen LogP contribution is 2.22. The molecule has 4 nitrogen and oxygen atoms in total. The molecule has 0 saturated carbocycles. The van der Waals surface area contributed by atoms with Crippen LogP contribution in [-0.2, 0) is 12.0 Å². The molecule has 2 aromatic carbocycles. The molecule has 0 aliphatic heterocycles. The van der Waals surface area contributed by atoms with E-state index in [0.717, 1.165) is 11.1 Å². The van der Waals surface area contributed by atoms with E-state index in [0.29, 0.717) is 15.7 Å². The summed E-state index contributed by atoms with van der Waals surface area (Å²) < 4.78 is 2.40. The third-order valence-corrected chi connectivity index (χ3v) is 5.73. The predicted octanol–water partition coefficient (Wildman–Crippen LogP) is 3.28. The van der Waals surface area contributed by atoms with E-state index >= 15 is 0 Å². The highest BCUT2D eigenvalue weighted by molar-refractivity contribution is 7.07. The molecule has 0 spiro atoms. The quantitative estimate of drug-likeness (QED) is 0.679. The molecule has 0 fully saturated rings. The van der Waals surface area contributed by atoms with Crippen LogP contribution >= 0.6 is 11.3 Å². The highest BCUT2D eigenvalue weighted by Gasteiger charge is 2.13. The fourth-order valence-corrected chi connectivity index (χ4v) is 4.02. The van der Waals surface area contributed by atoms with Gasteiger partial charge in [0.1, 0.15) is 16.8 Å². The number of nitrogens with zero attached hydrogens (tertiary/aromatic N) is 3. The Balaban J connectivity index is 2.17. The highest BCUT2D eigenvalue weighted by atomic mass is 32.1. The molecule has 3 aromatic rings. The van der Waals surface area contributed by atoms with Crippen LogP contribution in [0.3, 0.4) is 0 Å². The Bertz CT molecular complexity index is 1260. The van der Waals surface area contributed by atoms with Crippen LogP contribution in [0.15, 0.2) is 59.4 Å². The molecule has 0 aliphatic carbocycles. The molecule has 0 unspecified atom stereocenters. The molecule has 144 valence electrons. The third-order valence-electron chi connectivity index (χ3n) is 4.60. The number of hydrogen-bond acceptors (Lipinski definition) is 4. The average Bonchev–Trinajstić information content (AvgIpc) is 2.99. The van der Waals surface area contributed by atoms with E-state index < -0.39 is 0 Å². The van der Waals surface area contributed by atoms with Crippen LogP contribution in [0.4, 0.5) is 0 Å². The zero-order valence-electron chi connectivity index (χ0n) is 16.6. The summed E-state index contributed by atoms with van der Waals surface area (Å²) in [5.41, 5.74) is 2.87. The van der Waals surface area contributed by atoms with Crippen molar-refractivity contribution in [3.63, 3.8) is 0 Å². The largest absolute Gasteiger partial charge is 0.293 e. The molecule has 29 heavy (non-hydrogen) atoms. The molecule has 3 rings (SSSR count). The number of benzene rings is 2. The van der Waals surface area contributed by atoms with Crippen molar-refractivity contribution in [3.8, 4) is 12.1 Å². The van der Waals surface area contributed by atoms with Crippen molar-refractivity contribution in [1.82, 2.24) is 4.57 Å². The molecule has 0 atom stereocenters. The summed E-state index contributed by atoms with van der Waals surface area (Å²) in [6.07, 6.45) is 1.82. The second kappa shape index (κ2) is 8.31. The minimum Gasteiger partial charge on any atom is -0.293 e. The van der Waals surface area contributed by atoms with Crippen molar-refractivity contribution < 1.29 is 0 Å². The van der Waals surface area contributed by atoms with E-state index in [4.69, 9.17) is 0 Å². The number of thiazole rings is 1. The first kappa shape index (κ1) is 20.3. The Morgan fingerprint density at radius 3 is 2.21 bits per heavy atom. The summed E-state index contributed by atoms with van der Waals surface area (Å²) in [5, 5.41) is 18.7. The lowest BCUT2D eigenvalue weighted by molar-refractivity contribution is 0.590. The minimum atomic E-state index is -0.197. The molecule has 0 radical (unpaired) electrons. The van der Waals surface area contributed by atoms with Gasteiger partial charge in [-0.2, -0.15) is 10.5 Å². The van der Waals surface area contributed by atoms with E-state index in [1.54, 1.807) is 0 Å². The minimum absolute atomic E-state index is 0.0502. The SMILES string of the molecule is CC(C)(C)c1ccc(/C=c2/sc(=C(C#N)C#N)n(Cc3ccccc3)c2=O)cc1. The van der Waals surface area contributed by atoms with Gasteiger partial charge in [-0.15, -0.1) is 11.3 Å². The zero-order valence-corrected chi connectivity index (χ0v) is 17.5. The van der Waals surface area contributed by atoms with E-state index in [-0.39, 0.29) is 16.5 Å². The van der Waals surface area contributed by atoms with Crippen LogP contribution in [0.2, 0.25) is 0 Å². The Morgan fingerprint density at radius 2 is 1.66 bits per heavy atom.